The van der Waals surface area contributed by atoms with Crippen molar-refractivity contribution in [2.75, 3.05) is 13.2 Å². The molecule has 0 aliphatic rings. The van der Waals surface area contributed by atoms with Gasteiger partial charge in [0.25, 0.3) is 0 Å². The van der Waals surface area contributed by atoms with E-state index >= 15 is 0 Å². The van der Waals surface area contributed by atoms with E-state index < -0.39 is 6.10 Å². The minimum atomic E-state index is -0.788. The summed E-state index contributed by atoms with van der Waals surface area (Å²) in [6, 6.07) is 0. The van der Waals surface area contributed by atoms with Crippen molar-refractivity contribution in [3.8, 4) is 0 Å². The molecule has 0 saturated carbocycles. The summed E-state index contributed by atoms with van der Waals surface area (Å²) in [6.07, 6.45) is 90.3. The number of esters is 3. The van der Waals surface area contributed by atoms with Crippen LogP contribution >= 0.6 is 0 Å². The molecule has 0 spiro atoms. The maximum absolute atomic E-state index is 12.9. The Morgan fingerprint density at radius 1 is 0.250 bits per heavy atom. The molecular weight excluding hydrogens is 985 g/mol. The third-order valence-corrected chi connectivity index (χ3v) is 15.1. The molecule has 0 radical (unpaired) electrons. The van der Waals surface area contributed by atoms with Crippen LogP contribution in [0.5, 0.6) is 0 Å². The first-order chi connectivity index (χ1) is 39.5. The molecule has 0 aliphatic heterocycles. The van der Waals surface area contributed by atoms with Crippen molar-refractivity contribution in [3.05, 3.63) is 85.1 Å². The zero-order valence-corrected chi connectivity index (χ0v) is 53.1. The van der Waals surface area contributed by atoms with E-state index in [-0.39, 0.29) is 31.1 Å². The van der Waals surface area contributed by atoms with E-state index in [1.807, 2.05) is 0 Å². The van der Waals surface area contributed by atoms with Crippen LogP contribution in [0.15, 0.2) is 85.1 Å². The van der Waals surface area contributed by atoms with Crippen molar-refractivity contribution in [1.82, 2.24) is 0 Å². The highest BCUT2D eigenvalue weighted by molar-refractivity contribution is 5.71. The normalized spacial score (nSPS) is 12.6. The molecule has 6 heteroatoms. The highest BCUT2D eigenvalue weighted by Crippen LogP contribution is 2.17. The van der Waals surface area contributed by atoms with Crippen molar-refractivity contribution in [3.63, 3.8) is 0 Å². The Morgan fingerprint density at radius 3 is 0.738 bits per heavy atom. The zero-order chi connectivity index (χ0) is 57.8. The summed E-state index contributed by atoms with van der Waals surface area (Å²) in [7, 11) is 0. The molecule has 0 heterocycles. The summed E-state index contributed by atoms with van der Waals surface area (Å²) in [5.74, 6) is -0.892. The van der Waals surface area contributed by atoms with Crippen LogP contribution in [-0.4, -0.2) is 37.2 Å². The molecule has 1 atom stereocenters. The van der Waals surface area contributed by atoms with E-state index in [1.165, 1.54) is 205 Å². The Balaban J connectivity index is 4.26. The predicted octanol–water partition coefficient (Wildman–Crippen LogP) is 23.8. The van der Waals surface area contributed by atoms with Gasteiger partial charge in [0.2, 0.25) is 0 Å². The molecule has 0 fully saturated rings. The van der Waals surface area contributed by atoms with Gasteiger partial charge in [-0.1, -0.05) is 292 Å². The van der Waals surface area contributed by atoms with Gasteiger partial charge in [-0.05, 0) is 122 Å². The van der Waals surface area contributed by atoms with Crippen molar-refractivity contribution < 1.29 is 28.6 Å². The maximum atomic E-state index is 12.9. The van der Waals surface area contributed by atoms with E-state index in [9.17, 15) is 14.4 Å². The van der Waals surface area contributed by atoms with Gasteiger partial charge in [-0.2, -0.15) is 0 Å². The highest BCUT2D eigenvalue weighted by Gasteiger charge is 2.19. The summed E-state index contributed by atoms with van der Waals surface area (Å²) in [6.45, 7) is 6.61. The Morgan fingerprint density at radius 2 is 0.450 bits per heavy atom. The largest absolute Gasteiger partial charge is 0.462 e. The minimum absolute atomic E-state index is 0.0831. The molecule has 0 aromatic heterocycles. The zero-order valence-electron chi connectivity index (χ0n) is 53.1. The average molecular weight is 1120 g/mol. The molecule has 0 saturated heterocycles. The molecule has 0 amide bonds. The SMILES string of the molecule is CCCCC/C=C\CCCCCCCC(=O)OCC(COC(=O)CCCCCCCCCCCCCCCC/C=C\C/C=C\C/C=C\CCCCCCC)OC(=O)CCCCCCCC/C=C\C/C=C\C/C=C\CCCCCCC. The number of rotatable bonds is 63. The second-order valence-electron chi connectivity index (χ2n) is 23.1. The average Bonchev–Trinajstić information content (AvgIpc) is 3.46. The van der Waals surface area contributed by atoms with E-state index in [2.05, 4.69) is 106 Å². The quantitative estimate of drug-likeness (QED) is 0.0261. The summed E-state index contributed by atoms with van der Waals surface area (Å²) in [5, 5.41) is 0. The molecule has 462 valence electrons. The van der Waals surface area contributed by atoms with Gasteiger partial charge in [0.15, 0.2) is 6.10 Å². The topological polar surface area (TPSA) is 78.9 Å². The third kappa shape index (κ3) is 65.4. The van der Waals surface area contributed by atoms with Crippen LogP contribution < -0.4 is 0 Å². The summed E-state index contributed by atoms with van der Waals surface area (Å²) in [5.41, 5.74) is 0. The lowest BCUT2D eigenvalue weighted by atomic mass is 10.0. The van der Waals surface area contributed by atoms with Crippen molar-refractivity contribution in [1.29, 1.82) is 0 Å². The van der Waals surface area contributed by atoms with Crippen molar-refractivity contribution in [2.24, 2.45) is 0 Å². The summed E-state index contributed by atoms with van der Waals surface area (Å²) in [4.78, 5) is 38.4. The van der Waals surface area contributed by atoms with Crippen LogP contribution in [0.3, 0.4) is 0 Å². The minimum Gasteiger partial charge on any atom is -0.462 e. The fourth-order valence-corrected chi connectivity index (χ4v) is 9.87. The van der Waals surface area contributed by atoms with Crippen molar-refractivity contribution >= 4 is 17.9 Å². The van der Waals surface area contributed by atoms with E-state index in [0.717, 1.165) is 103 Å². The number of carbonyl (C=O) groups excluding carboxylic acids is 3. The number of allylic oxidation sites excluding steroid dienone is 14. The van der Waals surface area contributed by atoms with E-state index in [4.69, 9.17) is 14.2 Å². The van der Waals surface area contributed by atoms with Crippen LogP contribution in [0, 0.1) is 0 Å². The molecule has 0 aliphatic carbocycles. The molecule has 1 unspecified atom stereocenters. The van der Waals surface area contributed by atoms with Crippen LogP contribution in [-0.2, 0) is 28.6 Å². The van der Waals surface area contributed by atoms with E-state index in [0.29, 0.717) is 19.3 Å². The number of hydrogen-bond acceptors (Lipinski definition) is 6. The fraction of sp³-hybridized carbons (Fsp3) is 0.770. The van der Waals surface area contributed by atoms with E-state index in [1.54, 1.807) is 0 Å². The first-order valence-corrected chi connectivity index (χ1v) is 34.6. The number of ether oxygens (including phenoxy) is 3. The lowest BCUT2D eigenvalue weighted by Gasteiger charge is -2.18. The van der Waals surface area contributed by atoms with Gasteiger partial charge in [0.1, 0.15) is 13.2 Å². The van der Waals surface area contributed by atoms with Gasteiger partial charge < -0.3 is 14.2 Å². The summed E-state index contributed by atoms with van der Waals surface area (Å²) < 4.78 is 16.9. The lowest BCUT2D eigenvalue weighted by molar-refractivity contribution is -0.167. The molecule has 0 N–H and O–H groups in total. The van der Waals surface area contributed by atoms with Gasteiger partial charge in [-0.25, -0.2) is 0 Å². The molecule has 0 rings (SSSR count). The number of hydrogen-bond donors (Lipinski definition) is 0. The Labute approximate surface area is 496 Å². The number of unbranched alkanes of at least 4 members (excludes halogenated alkanes) is 38. The summed E-state index contributed by atoms with van der Waals surface area (Å²) >= 11 is 0. The monoisotopic (exact) mass is 1110 g/mol. The van der Waals surface area contributed by atoms with Gasteiger partial charge in [0.05, 0.1) is 0 Å². The molecule has 0 bridgehead atoms. The van der Waals surface area contributed by atoms with Gasteiger partial charge in [-0.15, -0.1) is 0 Å². The standard InChI is InChI=1S/C74H130O6/c1-4-7-10-13-16-19-22-25-27-29-31-33-34-35-36-37-38-39-40-42-43-45-47-49-52-55-58-61-64-67-73(76)79-70-71(69-78-72(75)66-63-60-57-54-51-24-21-18-15-12-9-6-3)80-74(77)68-65-62-59-56-53-50-48-46-44-41-32-30-28-26-23-20-17-14-11-8-5-2/h18,21-23,25-26,29-32,34-35,44,46,71H,4-17,19-20,24,27-28,33,36-43,45,47-70H2,1-3H3/b21-18-,25-22-,26-23-,31-29-,32-30-,35-34-,46-44-. The van der Waals surface area contributed by atoms with Crippen molar-refractivity contribution in [2.45, 2.75) is 354 Å². The fourth-order valence-electron chi connectivity index (χ4n) is 9.87. The highest BCUT2D eigenvalue weighted by atomic mass is 16.6. The first kappa shape index (κ1) is 76.6. The van der Waals surface area contributed by atoms with Crippen LogP contribution in [0.25, 0.3) is 0 Å². The molecule has 6 nitrogen and oxygen atoms in total. The predicted molar refractivity (Wildman–Crippen MR) is 348 cm³/mol. The Bertz CT molecular complexity index is 1520. The molecule has 80 heavy (non-hydrogen) atoms. The van der Waals surface area contributed by atoms with Crippen LogP contribution in [0.1, 0.15) is 348 Å². The van der Waals surface area contributed by atoms with Gasteiger partial charge in [-0.3, -0.25) is 14.4 Å². The smallest absolute Gasteiger partial charge is 0.306 e. The number of carbonyl (C=O) groups is 3. The second kappa shape index (κ2) is 68.1. The Hall–Kier alpha value is -3.41. The van der Waals surface area contributed by atoms with Gasteiger partial charge in [0, 0.05) is 19.3 Å². The van der Waals surface area contributed by atoms with Crippen LogP contribution in [0.4, 0.5) is 0 Å². The molecule has 0 aromatic rings. The lowest BCUT2D eigenvalue weighted by Crippen LogP contribution is -2.30. The van der Waals surface area contributed by atoms with Gasteiger partial charge >= 0.3 is 17.9 Å². The third-order valence-electron chi connectivity index (χ3n) is 15.1. The molecular formula is C74H130O6. The first-order valence-electron chi connectivity index (χ1n) is 34.6. The molecule has 0 aromatic carbocycles. The second-order valence-corrected chi connectivity index (χ2v) is 23.1. The maximum Gasteiger partial charge on any atom is 0.306 e. The van der Waals surface area contributed by atoms with Crippen LogP contribution in [0.2, 0.25) is 0 Å². The Kier molecular flexibility index (Phi) is 65.2.